The lowest BCUT2D eigenvalue weighted by Gasteiger charge is -2.25. The molecule has 0 saturated heterocycles. The van der Waals surface area contributed by atoms with Crippen LogP contribution in [0.25, 0.3) is 0 Å². The van der Waals surface area contributed by atoms with Gasteiger partial charge in [0.1, 0.15) is 5.15 Å². The van der Waals surface area contributed by atoms with Gasteiger partial charge in [-0.3, -0.25) is 0 Å². The zero-order valence-electron chi connectivity index (χ0n) is 9.38. The van der Waals surface area contributed by atoms with E-state index in [1.165, 1.54) is 0 Å². The Kier molecular flexibility index (Phi) is 4.51. The van der Waals surface area contributed by atoms with Gasteiger partial charge in [-0.25, -0.2) is 4.98 Å². The maximum absolute atomic E-state index is 5.95. The van der Waals surface area contributed by atoms with Crippen molar-refractivity contribution in [1.29, 1.82) is 0 Å². The van der Waals surface area contributed by atoms with E-state index in [2.05, 4.69) is 24.1 Å². The molecule has 0 unspecified atom stereocenters. The van der Waals surface area contributed by atoms with Gasteiger partial charge >= 0.3 is 0 Å². The van der Waals surface area contributed by atoms with E-state index in [9.17, 15) is 0 Å². The molecule has 1 N–H and O–H groups in total. The van der Waals surface area contributed by atoms with Crippen LogP contribution in [0.2, 0.25) is 5.15 Å². The molecule has 0 saturated carbocycles. The fourth-order valence-corrected chi connectivity index (χ4v) is 1.48. The smallest absolute Gasteiger partial charge is 0.133 e. The SMILES string of the molecule is COCC(C)(C)NCc1cccnc1Cl. The summed E-state index contributed by atoms with van der Waals surface area (Å²) in [6, 6.07) is 3.84. The van der Waals surface area contributed by atoms with Crippen LogP contribution in [-0.4, -0.2) is 24.2 Å². The molecule has 0 spiro atoms. The summed E-state index contributed by atoms with van der Waals surface area (Å²) >= 11 is 5.95. The Labute approximate surface area is 95.8 Å². The minimum atomic E-state index is -0.0616. The Morgan fingerprint density at radius 2 is 2.27 bits per heavy atom. The van der Waals surface area contributed by atoms with Crippen LogP contribution in [0.4, 0.5) is 0 Å². The van der Waals surface area contributed by atoms with Gasteiger partial charge in [-0.15, -0.1) is 0 Å². The van der Waals surface area contributed by atoms with Gasteiger partial charge < -0.3 is 10.1 Å². The third-order valence-electron chi connectivity index (χ3n) is 2.10. The molecule has 0 bridgehead atoms. The van der Waals surface area contributed by atoms with Crippen LogP contribution in [0.15, 0.2) is 18.3 Å². The van der Waals surface area contributed by atoms with Crippen molar-refractivity contribution >= 4 is 11.6 Å². The second-order valence-corrected chi connectivity index (χ2v) is 4.48. The molecule has 0 aliphatic rings. The first-order valence-corrected chi connectivity index (χ1v) is 5.26. The van der Waals surface area contributed by atoms with Gasteiger partial charge in [-0.05, 0) is 19.9 Å². The van der Waals surface area contributed by atoms with Gasteiger partial charge in [0.15, 0.2) is 0 Å². The molecule has 1 rings (SSSR count). The summed E-state index contributed by atoms with van der Waals surface area (Å²) in [4.78, 5) is 4.02. The van der Waals surface area contributed by atoms with Crippen LogP contribution in [0, 0.1) is 0 Å². The van der Waals surface area contributed by atoms with Crippen LogP contribution in [0.1, 0.15) is 19.4 Å². The normalized spacial score (nSPS) is 11.7. The number of hydrogen-bond donors (Lipinski definition) is 1. The number of hydrogen-bond acceptors (Lipinski definition) is 3. The highest BCUT2D eigenvalue weighted by atomic mass is 35.5. The third kappa shape index (κ3) is 4.16. The summed E-state index contributed by atoms with van der Waals surface area (Å²) < 4.78 is 5.11. The number of nitrogens with one attached hydrogen (secondary N) is 1. The second kappa shape index (κ2) is 5.45. The van der Waals surface area contributed by atoms with Crippen molar-refractivity contribution < 1.29 is 4.74 Å². The predicted molar refractivity (Wildman–Crippen MR) is 62.0 cm³/mol. The van der Waals surface area contributed by atoms with E-state index in [4.69, 9.17) is 16.3 Å². The lowest BCUT2D eigenvalue weighted by atomic mass is 10.1. The average Bonchev–Trinajstić information content (AvgIpc) is 2.16. The summed E-state index contributed by atoms with van der Waals surface area (Å²) in [6.45, 7) is 5.52. The largest absolute Gasteiger partial charge is 0.383 e. The standard InChI is InChI=1S/C11H17ClN2O/c1-11(2,8-15-3)14-7-9-5-4-6-13-10(9)12/h4-6,14H,7-8H2,1-3H3. The zero-order valence-corrected chi connectivity index (χ0v) is 10.1. The highest BCUT2D eigenvalue weighted by Gasteiger charge is 2.16. The van der Waals surface area contributed by atoms with Crippen LogP contribution >= 0.6 is 11.6 Å². The molecule has 4 heteroatoms. The second-order valence-electron chi connectivity index (χ2n) is 4.12. The van der Waals surface area contributed by atoms with Gasteiger partial charge in [0, 0.05) is 31.0 Å². The highest BCUT2D eigenvalue weighted by molar-refractivity contribution is 6.30. The van der Waals surface area contributed by atoms with E-state index in [1.54, 1.807) is 13.3 Å². The van der Waals surface area contributed by atoms with Crippen molar-refractivity contribution in [1.82, 2.24) is 10.3 Å². The van der Waals surface area contributed by atoms with Gasteiger partial charge in [0.05, 0.1) is 6.61 Å². The van der Waals surface area contributed by atoms with Crippen molar-refractivity contribution in [3.8, 4) is 0 Å². The molecule has 84 valence electrons. The van der Waals surface area contributed by atoms with Gasteiger partial charge in [-0.1, -0.05) is 17.7 Å². The molecule has 1 aromatic rings. The lowest BCUT2D eigenvalue weighted by molar-refractivity contribution is 0.127. The fraction of sp³-hybridized carbons (Fsp3) is 0.545. The molecule has 0 aromatic carbocycles. The van der Waals surface area contributed by atoms with E-state index in [0.29, 0.717) is 18.3 Å². The monoisotopic (exact) mass is 228 g/mol. The summed E-state index contributed by atoms with van der Waals surface area (Å²) in [5, 5.41) is 3.92. The minimum absolute atomic E-state index is 0.0616. The number of halogens is 1. The van der Waals surface area contributed by atoms with Crippen molar-refractivity contribution in [2.75, 3.05) is 13.7 Å². The van der Waals surface area contributed by atoms with Gasteiger partial charge in [0.25, 0.3) is 0 Å². The minimum Gasteiger partial charge on any atom is -0.383 e. The number of nitrogens with zero attached hydrogens (tertiary/aromatic N) is 1. The summed E-state index contributed by atoms with van der Waals surface area (Å²) in [5.74, 6) is 0. The Balaban J connectivity index is 2.53. The van der Waals surface area contributed by atoms with Crippen molar-refractivity contribution in [2.45, 2.75) is 25.9 Å². The molecular formula is C11H17ClN2O. The molecule has 3 nitrogen and oxygen atoms in total. The summed E-state index contributed by atoms with van der Waals surface area (Å²) in [6.07, 6.45) is 1.69. The molecule has 15 heavy (non-hydrogen) atoms. The molecule has 1 heterocycles. The molecular weight excluding hydrogens is 212 g/mol. The average molecular weight is 229 g/mol. The van der Waals surface area contributed by atoms with Gasteiger partial charge in [-0.2, -0.15) is 0 Å². The van der Waals surface area contributed by atoms with Gasteiger partial charge in [0.2, 0.25) is 0 Å². The Morgan fingerprint density at radius 1 is 1.53 bits per heavy atom. The predicted octanol–water partition coefficient (Wildman–Crippen LogP) is 2.25. The van der Waals surface area contributed by atoms with Crippen LogP contribution in [-0.2, 0) is 11.3 Å². The van der Waals surface area contributed by atoms with Crippen molar-refractivity contribution in [3.63, 3.8) is 0 Å². The molecule has 0 aliphatic heterocycles. The zero-order chi connectivity index (χ0) is 11.3. The van der Waals surface area contributed by atoms with Crippen LogP contribution in [0.3, 0.4) is 0 Å². The first-order valence-electron chi connectivity index (χ1n) is 4.88. The quantitative estimate of drug-likeness (QED) is 0.785. The molecule has 0 radical (unpaired) electrons. The summed E-state index contributed by atoms with van der Waals surface area (Å²) in [7, 11) is 1.69. The molecule has 1 aromatic heterocycles. The number of methoxy groups -OCH3 is 1. The fourth-order valence-electron chi connectivity index (χ4n) is 1.30. The van der Waals surface area contributed by atoms with Crippen molar-refractivity contribution in [3.05, 3.63) is 29.0 Å². The molecule has 0 amide bonds. The first kappa shape index (κ1) is 12.4. The van der Waals surface area contributed by atoms with Crippen molar-refractivity contribution in [2.24, 2.45) is 0 Å². The summed E-state index contributed by atoms with van der Waals surface area (Å²) in [5.41, 5.74) is 0.942. The molecule has 0 aliphatic carbocycles. The van der Waals surface area contributed by atoms with E-state index in [0.717, 1.165) is 5.56 Å². The first-order chi connectivity index (χ1) is 7.05. The molecule has 0 fully saturated rings. The Morgan fingerprint density at radius 3 is 2.87 bits per heavy atom. The van der Waals surface area contributed by atoms with E-state index >= 15 is 0 Å². The van der Waals surface area contributed by atoms with E-state index in [1.807, 2.05) is 12.1 Å². The topological polar surface area (TPSA) is 34.1 Å². The van der Waals surface area contributed by atoms with Crippen LogP contribution < -0.4 is 5.32 Å². The van der Waals surface area contributed by atoms with Crippen LogP contribution in [0.5, 0.6) is 0 Å². The highest BCUT2D eigenvalue weighted by Crippen LogP contribution is 2.12. The number of ether oxygens (including phenoxy) is 1. The van der Waals surface area contributed by atoms with E-state index in [-0.39, 0.29) is 5.54 Å². The lowest BCUT2D eigenvalue weighted by Crippen LogP contribution is -2.42. The maximum Gasteiger partial charge on any atom is 0.133 e. The molecule has 0 atom stereocenters. The number of pyridine rings is 1. The number of rotatable bonds is 5. The number of aromatic nitrogens is 1. The Bertz CT molecular complexity index is 315. The maximum atomic E-state index is 5.95. The van der Waals surface area contributed by atoms with E-state index < -0.39 is 0 Å². The Hall–Kier alpha value is -0.640. The third-order valence-corrected chi connectivity index (χ3v) is 2.44.